The van der Waals surface area contributed by atoms with Crippen LogP contribution in [0.5, 0.6) is 0 Å². The Labute approximate surface area is 113 Å². The Kier molecular flexibility index (Phi) is 3.04. The zero-order valence-electron chi connectivity index (χ0n) is 9.78. The lowest BCUT2D eigenvalue weighted by Gasteiger charge is -1.95. The molecule has 5 nitrogen and oxygen atoms in total. The van der Waals surface area contributed by atoms with Crippen LogP contribution in [0, 0.1) is 11.3 Å². The Morgan fingerprint density at radius 3 is 2.79 bits per heavy atom. The second-order valence-electron chi connectivity index (χ2n) is 3.86. The van der Waals surface area contributed by atoms with E-state index in [-0.39, 0.29) is 0 Å². The minimum atomic E-state index is 0.549. The average molecular weight is 268 g/mol. The molecule has 0 unspecified atom stereocenters. The van der Waals surface area contributed by atoms with Gasteiger partial charge in [0.15, 0.2) is 0 Å². The molecule has 0 N–H and O–H groups in total. The standard InChI is InChI=1S/C13H8N4OS/c14-6-10-3-1-9(2-4-10)5-12-16-13(17-18-12)11-7-15-8-19-11/h1-4,7-8H,5H2. The molecule has 2 heterocycles. The van der Waals surface area contributed by atoms with Crippen LogP contribution in [-0.2, 0) is 6.42 Å². The van der Waals surface area contributed by atoms with Gasteiger partial charge < -0.3 is 4.52 Å². The van der Waals surface area contributed by atoms with Gasteiger partial charge in [0.1, 0.15) is 0 Å². The normalized spacial score (nSPS) is 10.3. The van der Waals surface area contributed by atoms with Gasteiger partial charge in [0.05, 0.1) is 28.4 Å². The van der Waals surface area contributed by atoms with Crippen molar-refractivity contribution in [2.24, 2.45) is 0 Å². The number of hydrogen-bond donors (Lipinski definition) is 0. The van der Waals surface area contributed by atoms with E-state index < -0.39 is 0 Å². The van der Waals surface area contributed by atoms with Crippen molar-refractivity contribution in [1.29, 1.82) is 5.26 Å². The maximum atomic E-state index is 8.73. The van der Waals surface area contributed by atoms with Crippen molar-refractivity contribution >= 4 is 11.3 Å². The first-order valence-electron chi connectivity index (χ1n) is 5.55. The fourth-order valence-corrected chi connectivity index (χ4v) is 2.17. The summed E-state index contributed by atoms with van der Waals surface area (Å²) in [5.41, 5.74) is 3.39. The lowest BCUT2D eigenvalue weighted by molar-refractivity contribution is 0.386. The third-order valence-corrected chi connectivity index (χ3v) is 3.33. The summed E-state index contributed by atoms with van der Waals surface area (Å²) in [7, 11) is 0. The van der Waals surface area contributed by atoms with Gasteiger partial charge in [-0.25, -0.2) is 0 Å². The van der Waals surface area contributed by atoms with Crippen LogP contribution in [0.15, 0.2) is 40.5 Å². The molecule has 92 valence electrons. The molecular formula is C13H8N4OS. The molecule has 0 bridgehead atoms. The van der Waals surface area contributed by atoms with Gasteiger partial charge in [0.25, 0.3) is 0 Å². The third kappa shape index (κ3) is 2.51. The molecule has 0 saturated heterocycles. The topological polar surface area (TPSA) is 75.6 Å². The summed E-state index contributed by atoms with van der Waals surface area (Å²) in [6.07, 6.45) is 2.26. The lowest BCUT2D eigenvalue weighted by Crippen LogP contribution is -1.88. The molecule has 0 amide bonds. The molecule has 6 heteroatoms. The molecule has 3 rings (SSSR count). The SMILES string of the molecule is N#Cc1ccc(Cc2nc(-c3cncs3)no2)cc1. The monoisotopic (exact) mass is 268 g/mol. The number of nitrogens with zero attached hydrogens (tertiary/aromatic N) is 4. The van der Waals surface area contributed by atoms with Gasteiger partial charge in [-0.2, -0.15) is 10.2 Å². The van der Waals surface area contributed by atoms with E-state index >= 15 is 0 Å². The zero-order chi connectivity index (χ0) is 13.1. The highest BCUT2D eigenvalue weighted by molar-refractivity contribution is 7.13. The highest BCUT2D eigenvalue weighted by Crippen LogP contribution is 2.20. The lowest BCUT2D eigenvalue weighted by atomic mass is 10.1. The molecule has 1 aromatic carbocycles. The molecule has 0 spiro atoms. The van der Waals surface area contributed by atoms with Crippen molar-refractivity contribution in [2.75, 3.05) is 0 Å². The molecule has 0 fully saturated rings. The molecule has 19 heavy (non-hydrogen) atoms. The summed E-state index contributed by atoms with van der Waals surface area (Å²) < 4.78 is 5.20. The van der Waals surface area contributed by atoms with Gasteiger partial charge >= 0.3 is 0 Å². The van der Waals surface area contributed by atoms with Crippen molar-refractivity contribution in [3.05, 3.63) is 53.0 Å². The van der Waals surface area contributed by atoms with Gasteiger partial charge in [-0.1, -0.05) is 17.3 Å². The predicted molar refractivity (Wildman–Crippen MR) is 69.4 cm³/mol. The molecule has 0 saturated carbocycles. The Morgan fingerprint density at radius 1 is 1.26 bits per heavy atom. The minimum Gasteiger partial charge on any atom is -0.339 e. The largest absolute Gasteiger partial charge is 0.339 e. The van der Waals surface area contributed by atoms with E-state index in [1.165, 1.54) is 11.3 Å². The first-order chi connectivity index (χ1) is 9.35. The van der Waals surface area contributed by atoms with Crippen LogP contribution >= 0.6 is 11.3 Å². The van der Waals surface area contributed by atoms with Crippen molar-refractivity contribution in [3.8, 4) is 16.8 Å². The molecule has 2 aromatic heterocycles. The maximum absolute atomic E-state index is 8.73. The number of rotatable bonds is 3. The minimum absolute atomic E-state index is 0.549. The molecule has 0 aliphatic rings. The summed E-state index contributed by atoms with van der Waals surface area (Å²) in [6.45, 7) is 0. The Bertz CT molecular complexity index is 710. The first-order valence-corrected chi connectivity index (χ1v) is 6.43. The number of hydrogen-bond acceptors (Lipinski definition) is 6. The Balaban J connectivity index is 1.78. The van der Waals surface area contributed by atoms with Crippen LogP contribution in [-0.4, -0.2) is 15.1 Å². The zero-order valence-corrected chi connectivity index (χ0v) is 10.6. The summed E-state index contributed by atoms with van der Waals surface area (Å²) >= 11 is 1.47. The molecule has 0 aliphatic heterocycles. The van der Waals surface area contributed by atoms with Gasteiger partial charge in [0, 0.05) is 6.20 Å². The highest BCUT2D eigenvalue weighted by atomic mass is 32.1. The molecule has 0 atom stereocenters. The van der Waals surface area contributed by atoms with Crippen LogP contribution in [0.2, 0.25) is 0 Å². The van der Waals surface area contributed by atoms with Gasteiger partial charge in [-0.3, -0.25) is 4.98 Å². The molecular weight excluding hydrogens is 260 g/mol. The average Bonchev–Trinajstić information content (AvgIpc) is 3.10. The predicted octanol–water partition coefficient (Wildman–Crippen LogP) is 2.66. The van der Waals surface area contributed by atoms with E-state index in [0.717, 1.165) is 10.4 Å². The fraction of sp³-hybridized carbons (Fsp3) is 0.0769. The van der Waals surface area contributed by atoms with Gasteiger partial charge in [-0.15, -0.1) is 11.3 Å². The van der Waals surface area contributed by atoms with Gasteiger partial charge in [0.2, 0.25) is 11.7 Å². The van der Waals surface area contributed by atoms with E-state index in [4.69, 9.17) is 9.78 Å². The number of nitriles is 1. The van der Waals surface area contributed by atoms with Crippen LogP contribution in [0.25, 0.3) is 10.7 Å². The molecule has 0 radical (unpaired) electrons. The smallest absolute Gasteiger partial charge is 0.231 e. The molecule has 3 aromatic rings. The number of aromatic nitrogens is 3. The summed E-state index contributed by atoms with van der Waals surface area (Å²) in [5, 5.41) is 12.7. The van der Waals surface area contributed by atoms with Crippen LogP contribution in [0.4, 0.5) is 0 Å². The van der Waals surface area contributed by atoms with Crippen molar-refractivity contribution < 1.29 is 4.52 Å². The van der Waals surface area contributed by atoms with Crippen molar-refractivity contribution in [3.63, 3.8) is 0 Å². The van der Waals surface area contributed by atoms with E-state index in [9.17, 15) is 0 Å². The van der Waals surface area contributed by atoms with E-state index in [1.54, 1.807) is 23.8 Å². The quantitative estimate of drug-likeness (QED) is 0.730. The summed E-state index contributed by atoms with van der Waals surface area (Å²) in [6, 6.07) is 9.40. The summed E-state index contributed by atoms with van der Waals surface area (Å²) in [4.78, 5) is 9.18. The first kappa shape index (κ1) is 11.6. The maximum Gasteiger partial charge on any atom is 0.231 e. The van der Waals surface area contributed by atoms with Crippen LogP contribution in [0.3, 0.4) is 0 Å². The van der Waals surface area contributed by atoms with Gasteiger partial charge in [-0.05, 0) is 17.7 Å². The van der Waals surface area contributed by atoms with E-state index in [1.807, 2.05) is 12.1 Å². The van der Waals surface area contributed by atoms with E-state index in [2.05, 4.69) is 21.2 Å². The molecule has 0 aliphatic carbocycles. The third-order valence-electron chi connectivity index (χ3n) is 2.56. The number of benzene rings is 1. The Morgan fingerprint density at radius 2 is 2.11 bits per heavy atom. The fourth-order valence-electron chi connectivity index (χ4n) is 1.62. The van der Waals surface area contributed by atoms with Crippen molar-refractivity contribution in [2.45, 2.75) is 6.42 Å². The summed E-state index contributed by atoms with van der Waals surface area (Å²) in [5.74, 6) is 1.11. The second-order valence-corrected chi connectivity index (χ2v) is 4.75. The second kappa shape index (κ2) is 5.00. The number of thiazole rings is 1. The van der Waals surface area contributed by atoms with Crippen LogP contribution in [0.1, 0.15) is 17.0 Å². The Hall–Kier alpha value is -2.52. The van der Waals surface area contributed by atoms with Crippen molar-refractivity contribution in [1.82, 2.24) is 15.1 Å². The highest BCUT2D eigenvalue weighted by Gasteiger charge is 2.10. The van der Waals surface area contributed by atoms with Crippen LogP contribution < -0.4 is 0 Å². The van der Waals surface area contributed by atoms with E-state index in [0.29, 0.717) is 23.7 Å².